The van der Waals surface area contributed by atoms with Crippen LogP contribution in [0.3, 0.4) is 0 Å². The summed E-state index contributed by atoms with van der Waals surface area (Å²) in [6.45, 7) is 0.252. The van der Waals surface area contributed by atoms with E-state index in [2.05, 4.69) is 5.32 Å². The number of ether oxygens (including phenoxy) is 1. The van der Waals surface area contributed by atoms with Gasteiger partial charge < -0.3 is 20.2 Å². The molecule has 19 heavy (non-hydrogen) atoms. The molecule has 2 aromatic rings. The molecule has 0 radical (unpaired) electrons. The molecule has 0 fully saturated rings. The van der Waals surface area contributed by atoms with Crippen LogP contribution in [0, 0.1) is 0 Å². The Hall–Kier alpha value is -1.98. The lowest BCUT2D eigenvalue weighted by Gasteiger charge is -2.06. The molecule has 0 aliphatic rings. The van der Waals surface area contributed by atoms with Crippen LogP contribution in [-0.2, 0) is 6.54 Å². The topological polar surface area (TPSA) is 77.5 Å². The molecule has 0 aliphatic carbocycles. The van der Waals surface area contributed by atoms with E-state index in [4.69, 9.17) is 26.5 Å². The van der Waals surface area contributed by atoms with E-state index in [1.807, 2.05) is 0 Å². The van der Waals surface area contributed by atoms with Crippen LogP contribution in [0.15, 0.2) is 34.7 Å². The first kappa shape index (κ1) is 13.5. The first-order valence-electron chi connectivity index (χ1n) is 5.57. The van der Waals surface area contributed by atoms with E-state index in [1.54, 1.807) is 30.3 Å². The Balaban J connectivity index is 2.12. The molecule has 0 saturated heterocycles. The summed E-state index contributed by atoms with van der Waals surface area (Å²) in [4.78, 5) is 11.9. The van der Waals surface area contributed by atoms with Gasteiger partial charge in [-0.05, 0) is 30.3 Å². The molecule has 3 N–H and O–H groups in total. The number of anilines is 1. The van der Waals surface area contributed by atoms with E-state index in [0.717, 1.165) is 0 Å². The number of nitrogens with two attached hydrogens (primary N) is 1. The predicted molar refractivity (Wildman–Crippen MR) is 72.6 cm³/mol. The normalized spacial score (nSPS) is 10.3. The minimum Gasteiger partial charge on any atom is -0.495 e. The Bertz CT molecular complexity index is 595. The van der Waals surface area contributed by atoms with Gasteiger partial charge in [0.15, 0.2) is 5.76 Å². The average Bonchev–Trinajstić information content (AvgIpc) is 2.88. The highest BCUT2D eigenvalue weighted by Gasteiger charge is 2.11. The fourth-order valence-electron chi connectivity index (χ4n) is 1.55. The first-order chi connectivity index (χ1) is 9.13. The van der Waals surface area contributed by atoms with E-state index in [1.165, 1.54) is 7.11 Å². The van der Waals surface area contributed by atoms with E-state index < -0.39 is 0 Å². The number of benzene rings is 1. The second kappa shape index (κ2) is 5.77. The van der Waals surface area contributed by atoms with Crippen LogP contribution < -0.4 is 15.8 Å². The third-order valence-corrected chi connectivity index (χ3v) is 2.79. The molecular formula is C13H13ClN2O3. The molecule has 1 aromatic heterocycles. The van der Waals surface area contributed by atoms with Crippen molar-refractivity contribution in [3.63, 3.8) is 0 Å². The van der Waals surface area contributed by atoms with E-state index in [0.29, 0.717) is 22.2 Å². The van der Waals surface area contributed by atoms with E-state index >= 15 is 0 Å². The number of carbonyl (C=O) groups excluding carboxylic acids is 1. The summed E-state index contributed by atoms with van der Waals surface area (Å²) in [7, 11) is 1.52. The van der Waals surface area contributed by atoms with Gasteiger partial charge in [0.05, 0.1) is 18.7 Å². The maximum absolute atomic E-state index is 11.9. The molecule has 0 aliphatic heterocycles. The summed E-state index contributed by atoms with van der Waals surface area (Å²) in [5, 5.41) is 3.09. The number of halogens is 1. The van der Waals surface area contributed by atoms with Crippen molar-refractivity contribution in [2.75, 3.05) is 12.4 Å². The number of amides is 1. The molecule has 5 nitrogen and oxygen atoms in total. The van der Waals surface area contributed by atoms with Crippen molar-refractivity contribution >= 4 is 23.2 Å². The SMILES string of the molecule is COc1ccc(NC(=O)c2ccc(CN)o2)cc1Cl. The fraction of sp³-hybridized carbons (Fsp3) is 0.154. The van der Waals surface area contributed by atoms with Crippen LogP contribution in [0.25, 0.3) is 0 Å². The van der Waals surface area contributed by atoms with Gasteiger partial charge in [-0.1, -0.05) is 11.6 Å². The zero-order valence-corrected chi connectivity index (χ0v) is 11.0. The Labute approximate surface area is 115 Å². The standard InChI is InChI=1S/C13H13ClN2O3/c1-18-11-4-2-8(6-10(11)14)16-13(17)12-5-3-9(7-15)19-12/h2-6H,7,15H2,1H3,(H,16,17). The lowest BCUT2D eigenvalue weighted by Crippen LogP contribution is -2.10. The summed E-state index contributed by atoms with van der Waals surface area (Å²) in [6, 6.07) is 8.20. The molecule has 0 bridgehead atoms. The number of rotatable bonds is 4. The maximum atomic E-state index is 11.9. The molecule has 0 unspecified atom stereocenters. The summed E-state index contributed by atoms with van der Waals surface area (Å²) >= 11 is 5.97. The first-order valence-corrected chi connectivity index (χ1v) is 5.95. The van der Waals surface area contributed by atoms with Gasteiger partial charge in [0.1, 0.15) is 11.5 Å². The predicted octanol–water partition coefficient (Wildman–Crippen LogP) is 2.65. The number of hydrogen-bond donors (Lipinski definition) is 2. The average molecular weight is 281 g/mol. The Kier molecular flexibility index (Phi) is 4.09. The summed E-state index contributed by atoms with van der Waals surface area (Å²) in [5.41, 5.74) is 5.97. The molecule has 0 spiro atoms. The van der Waals surface area contributed by atoms with Gasteiger partial charge in [-0.25, -0.2) is 0 Å². The number of methoxy groups -OCH3 is 1. The molecule has 0 atom stereocenters. The molecule has 100 valence electrons. The maximum Gasteiger partial charge on any atom is 0.291 e. The second-order valence-corrected chi connectivity index (χ2v) is 4.18. The lowest BCUT2D eigenvalue weighted by atomic mass is 10.3. The van der Waals surface area contributed by atoms with Crippen molar-refractivity contribution in [2.24, 2.45) is 5.73 Å². The molecule has 1 heterocycles. The van der Waals surface area contributed by atoms with Crippen molar-refractivity contribution in [3.05, 3.63) is 46.9 Å². The highest BCUT2D eigenvalue weighted by Crippen LogP contribution is 2.27. The van der Waals surface area contributed by atoms with Crippen molar-refractivity contribution in [1.29, 1.82) is 0 Å². The van der Waals surface area contributed by atoms with Gasteiger partial charge in [-0.2, -0.15) is 0 Å². The van der Waals surface area contributed by atoms with Gasteiger partial charge in [-0.15, -0.1) is 0 Å². The number of hydrogen-bond acceptors (Lipinski definition) is 4. The van der Waals surface area contributed by atoms with Gasteiger partial charge in [0.2, 0.25) is 0 Å². The number of nitrogens with one attached hydrogen (secondary N) is 1. The fourth-order valence-corrected chi connectivity index (χ4v) is 1.80. The van der Waals surface area contributed by atoms with Gasteiger partial charge in [0, 0.05) is 5.69 Å². The molecule has 1 aromatic carbocycles. The van der Waals surface area contributed by atoms with Crippen LogP contribution in [0.5, 0.6) is 5.75 Å². The highest BCUT2D eigenvalue weighted by atomic mass is 35.5. The highest BCUT2D eigenvalue weighted by molar-refractivity contribution is 6.32. The van der Waals surface area contributed by atoms with Crippen LogP contribution >= 0.6 is 11.6 Å². The van der Waals surface area contributed by atoms with E-state index in [9.17, 15) is 4.79 Å². The van der Waals surface area contributed by atoms with Crippen LogP contribution in [0.1, 0.15) is 16.3 Å². The van der Waals surface area contributed by atoms with Crippen molar-refractivity contribution < 1.29 is 13.9 Å². The zero-order chi connectivity index (χ0) is 13.8. The van der Waals surface area contributed by atoms with Crippen LogP contribution in [0.4, 0.5) is 5.69 Å². The smallest absolute Gasteiger partial charge is 0.291 e. The monoisotopic (exact) mass is 280 g/mol. The van der Waals surface area contributed by atoms with Crippen LogP contribution in [-0.4, -0.2) is 13.0 Å². The largest absolute Gasteiger partial charge is 0.495 e. The number of furan rings is 1. The Morgan fingerprint density at radius 2 is 2.21 bits per heavy atom. The summed E-state index contributed by atoms with van der Waals surface area (Å²) in [5.74, 6) is 0.939. The molecule has 6 heteroatoms. The molecule has 1 amide bonds. The molecule has 0 saturated carbocycles. The Morgan fingerprint density at radius 1 is 1.42 bits per heavy atom. The van der Waals surface area contributed by atoms with E-state index in [-0.39, 0.29) is 18.2 Å². The third kappa shape index (κ3) is 3.07. The van der Waals surface area contributed by atoms with Crippen molar-refractivity contribution in [1.82, 2.24) is 0 Å². The molecule has 2 rings (SSSR count). The number of carbonyl (C=O) groups is 1. The second-order valence-electron chi connectivity index (χ2n) is 3.77. The van der Waals surface area contributed by atoms with Crippen molar-refractivity contribution in [3.8, 4) is 5.75 Å². The van der Waals surface area contributed by atoms with Crippen molar-refractivity contribution in [2.45, 2.75) is 6.54 Å². The third-order valence-electron chi connectivity index (χ3n) is 2.50. The summed E-state index contributed by atoms with van der Waals surface area (Å²) in [6.07, 6.45) is 0. The molecular weight excluding hydrogens is 268 g/mol. The zero-order valence-electron chi connectivity index (χ0n) is 10.3. The van der Waals surface area contributed by atoms with Gasteiger partial charge >= 0.3 is 0 Å². The minimum absolute atomic E-state index is 0.201. The van der Waals surface area contributed by atoms with Gasteiger partial charge in [-0.3, -0.25) is 4.79 Å². The lowest BCUT2D eigenvalue weighted by molar-refractivity contribution is 0.0995. The van der Waals surface area contributed by atoms with Gasteiger partial charge in [0.25, 0.3) is 5.91 Å². The Morgan fingerprint density at radius 3 is 2.79 bits per heavy atom. The quantitative estimate of drug-likeness (QED) is 0.902. The van der Waals surface area contributed by atoms with Crippen LogP contribution in [0.2, 0.25) is 5.02 Å². The minimum atomic E-state index is -0.360. The summed E-state index contributed by atoms with van der Waals surface area (Å²) < 4.78 is 10.3.